The molecular weight excluding hydrogens is 515 g/mol. The predicted octanol–water partition coefficient (Wildman–Crippen LogP) is 3.25. The molecule has 2 atom stereocenters. The summed E-state index contributed by atoms with van der Waals surface area (Å²) in [5.74, 6) is -3.96. The Labute approximate surface area is 212 Å². The summed E-state index contributed by atoms with van der Waals surface area (Å²) in [4.78, 5) is 5.90. The first-order chi connectivity index (χ1) is 18.2. The standard InChI is InChI=1S/C23H23F5N8O2/c1-11(20(25)26)36-16-5-12(3-4-15(16)31-33-36)18-14(24)6-35-19(18)21(37-2)30-22(32-35)29-17-7-34(10-23(17,27)28)13-8-38-9-13/h3-6,11,13,17,20H,7-10H2,1-2H3,(H,29,32)/t11-,17+/m0/s1. The largest absolute Gasteiger partial charge is 0.479 e. The highest BCUT2D eigenvalue weighted by Crippen LogP contribution is 2.37. The van der Waals surface area contributed by atoms with Crippen molar-refractivity contribution in [2.75, 3.05) is 38.7 Å². The minimum Gasteiger partial charge on any atom is -0.479 e. The van der Waals surface area contributed by atoms with Crippen LogP contribution in [0.3, 0.4) is 0 Å². The fraction of sp³-hybridized carbons (Fsp3) is 0.478. The number of alkyl halides is 4. The third-order valence-corrected chi connectivity index (χ3v) is 7.04. The topological polar surface area (TPSA) is 94.6 Å². The van der Waals surface area contributed by atoms with Crippen molar-refractivity contribution in [3.8, 4) is 17.0 Å². The van der Waals surface area contributed by atoms with E-state index in [1.165, 1.54) is 20.1 Å². The number of hydrogen-bond acceptors (Lipinski definition) is 8. The van der Waals surface area contributed by atoms with Gasteiger partial charge in [-0.1, -0.05) is 11.3 Å². The van der Waals surface area contributed by atoms with E-state index < -0.39 is 36.8 Å². The van der Waals surface area contributed by atoms with Gasteiger partial charge in [-0.3, -0.25) is 4.90 Å². The summed E-state index contributed by atoms with van der Waals surface area (Å²) in [6.07, 6.45) is -1.61. The second kappa shape index (κ2) is 9.01. The normalized spacial score (nSPS) is 20.9. The molecule has 1 aromatic carbocycles. The summed E-state index contributed by atoms with van der Waals surface area (Å²) in [6.45, 7) is 1.77. The quantitative estimate of drug-likeness (QED) is 0.359. The molecule has 0 radical (unpaired) electrons. The maximum Gasteiger partial charge on any atom is 0.281 e. The number of rotatable bonds is 7. The Kier molecular flexibility index (Phi) is 5.86. The molecule has 0 amide bonds. The van der Waals surface area contributed by atoms with E-state index in [4.69, 9.17) is 9.47 Å². The number of nitrogens with zero attached hydrogens (tertiary/aromatic N) is 7. The van der Waals surface area contributed by atoms with Gasteiger partial charge in [0, 0.05) is 6.54 Å². The number of hydrogen-bond donors (Lipinski definition) is 1. The van der Waals surface area contributed by atoms with Crippen LogP contribution < -0.4 is 10.1 Å². The van der Waals surface area contributed by atoms with Gasteiger partial charge >= 0.3 is 0 Å². The minimum absolute atomic E-state index is 0.0510. The highest BCUT2D eigenvalue weighted by molar-refractivity contribution is 5.89. The van der Waals surface area contributed by atoms with Gasteiger partial charge in [-0.2, -0.15) is 4.98 Å². The molecule has 2 aliphatic rings. The average Bonchev–Trinajstić information content (AvgIpc) is 3.48. The van der Waals surface area contributed by atoms with E-state index >= 15 is 4.39 Å². The monoisotopic (exact) mass is 538 g/mol. The maximum absolute atomic E-state index is 15.3. The van der Waals surface area contributed by atoms with Crippen LogP contribution in [0.4, 0.5) is 27.9 Å². The Morgan fingerprint density at radius 1 is 1.24 bits per heavy atom. The van der Waals surface area contributed by atoms with Crippen LogP contribution in [0.15, 0.2) is 24.4 Å². The minimum atomic E-state index is -3.05. The number of methoxy groups -OCH3 is 1. The van der Waals surface area contributed by atoms with E-state index in [1.54, 1.807) is 17.0 Å². The molecule has 0 unspecified atom stereocenters. The van der Waals surface area contributed by atoms with Crippen LogP contribution in [0.25, 0.3) is 27.7 Å². The molecule has 1 N–H and O–H groups in total. The van der Waals surface area contributed by atoms with E-state index in [0.29, 0.717) is 24.3 Å². The molecule has 0 saturated carbocycles. The Balaban J connectivity index is 1.37. The third-order valence-electron chi connectivity index (χ3n) is 7.04. The molecule has 15 heteroatoms. The number of nitrogens with one attached hydrogen (secondary N) is 1. The van der Waals surface area contributed by atoms with Crippen molar-refractivity contribution < 1.29 is 31.4 Å². The summed E-state index contributed by atoms with van der Waals surface area (Å²) in [6, 6.07) is 2.03. The second-order valence-electron chi connectivity index (χ2n) is 9.48. The molecule has 0 aliphatic carbocycles. The number of aromatic nitrogens is 6. The lowest BCUT2D eigenvalue weighted by molar-refractivity contribution is -0.0711. The van der Waals surface area contributed by atoms with Crippen LogP contribution in [-0.4, -0.2) is 92.3 Å². The SMILES string of the molecule is COc1nc(N[C@@H]2CN(C3COC3)CC2(F)F)nn2cc(F)c(-c3ccc4nnn([C@@H](C)C(F)F)c4c3)c12. The molecule has 2 aliphatic heterocycles. The highest BCUT2D eigenvalue weighted by atomic mass is 19.3. The highest BCUT2D eigenvalue weighted by Gasteiger charge is 2.51. The predicted molar refractivity (Wildman–Crippen MR) is 125 cm³/mol. The van der Waals surface area contributed by atoms with E-state index in [9.17, 15) is 17.6 Å². The lowest BCUT2D eigenvalue weighted by atomic mass is 10.1. The Bertz CT molecular complexity index is 1500. The van der Waals surface area contributed by atoms with Crippen molar-refractivity contribution in [1.29, 1.82) is 0 Å². The van der Waals surface area contributed by atoms with Gasteiger partial charge in [0.05, 0.1) is 50.2 Å². The van der Waals surface area contributed by atoms with Crippen LogP contribution in [0, 0.1) is 5.82 Å². The lowest BCUT2D eigenvalue weighted by Crippen LogP contribution is -2.48. The number of benzene rings is 1. The molecule has 4 aromatic rings. The summed E-state index contributed by atoms with van der Waals surface area (Å²) < 4.78 is 84.2. The van der Waals surface area contributed by atoms with E-state index in [2.05, 4.69) is 25.7 Å². The van der Waals surface area contributed by atoms with E-state index in [0.717, 1.165) is 15.4 Å². The van der Waals surface area contributed by atoms with E-state index in [1.807, 2.05) is 0 Å². The number of likely N-dealkylation sites (tertiary alicyclic amines) is 1. The molecule has 3 aromatic heterocycles. The summed E-state index contributed by atoms with van der Waals surface area (Å²) in [5.41, 5.74) is 1.17. The van der Waals surface area contributed by atoms with Gasteiger partial charge in [-0.05, 0) is 24.6 Å². The van der Waals surface area contributed by atoms with Gasteiger partial charge in [-0.25, -0.2) is 31.1 Å². The molecule has 6 rings (SSSR count). The van der Waals surface area contributed by atoms with Crippen molar-refractivity contribution in [3.63, 3.8) is 0 Å². The summed E-state index contributed by atoms with van der Waals surface area (Å²) in [5, 5.41) is 14.6. The molecule has 2 fully saturated rings. The molecular formula is C23H23F5N8O2. The molecule has 202 valence electrons. The zero-order chi connectivity index (χ0) is 26.8. The van der Waals surface area contributed by atoms with Crippen molar-refractivity contribution in [2.24, 2.45) is 0 Å². The van der Waals surface area contributed by atoms with Crippen LogP contribution in [-0.2, 0) is 4.74 Å². The summed E-state index contributed by atoms with van der Waals surface area (Å²) >= 11 is 0. The van der Waals surface area contributed by atoms with Gasteiger partial charge in [-0.15, -0.1) is 10.2 Å². The third kappa shape index (κ3) is 4.00. The van der Waals surface area contributed by atoms with Crippen molar-refractivity contribution in [2.45, 2.75) is 37.4 Å². The Hall–Kier alpha value is -3.59. The van der Waals surface area contributed by atoms with Gasteiger partial charge in [0.15, 0.2) is 5.82 Å². The number of halogens is 5. The maximum atomic E-state index is 15.3. The lowest BCUT2D eigenvalue weighted by Gasteiger charge is -2.34. The fourth-order valence-corrected chi connectivity index (χ4v) is 4.83. The smallest absolute Gasteiger partial charge is 0.281 e. The Morgan fingerprint density at radius 3 is 2.71 bits per heavy atom. The average molecular weight is 538 g/mol. The molecule has 2 saturated heterocycles. The van der Waals surface area contributed by atoms with Crippen LogP contribution in [0.2, 0.25) is 0 Å². The first kappa shape index (κ1) is 24.7. The molecule has 10 nitrogen and oxygen atoms in total. The zero-order valence-corrected chi connectivity index (χ0v) is 20.3. The van der Waals surface area contributed by atoms with Gasteiger partial charge in [0.1, 0.15) is 23.1 Å². The number of anilines is 1. The second-order valence-corrected chi connectivity index (χ2v) is 9.48. The molecule has 5 heterocycles. The summed E-state index contributed by atoms with van der Waals surface area (Å²) in [7, 11) is 1.32. The van der Waals surface area contributed by atoms with Gasteiger partial charge in [0.25, 0.3) is 12.3 Å². The number of ether oxygens (including phenoxy) is 2. The van der Waals surface area contributed by atoms with E-state index in [-0.39, 0.29) is 41.0 Å². The number of fused-ring (bicyclic) bond motifs is 2. The van der Waals surface area contributed by atoms with Crippen LogP contribution >= 0.6 is 0 Å². The first-order valence-corrected chi connectivity index (χ1v) is 11.9. The van der Waals surface area contributed by atoms with Crippen LogP contribution in [0.1, 0.15) is 13.0 Å². The Morgan fingerprint density at radius 2 is 2.03 bits per heavy atom. The van der Waals surface area contributed by atoms with Crippen molar-refractivity contribution >= 4 is 22.5 Å². The molecule has 0 bridgehead atoms. The fourth-order valence-electron chi connectivity index (χ4n) is 4.83. The van der Waals surface area contributed by atoms with Crippen molar-refractivity contribution in [3.05, 3.63) is 30.2 Å². The van der Waals surface area contributed by atoms with Gasteiger partial charge < -0.3 is 14.8 Å². The zero-order valence-electron chi connectivity index (χ0n) is 20.3. The molecule has 38 heavy (non-hydrogen) atoms. The van der Waals surface area contributed by atoms with Crippen LogP contribution in [0.5, 0.6) is 5.88 Å². The van der Waals surface area contributed by atoms with Gasteiger partial charge in [0.2, 0.25) is 11.8 Å². The van der Waals surface area contributed by atoms with Crippen molar-refractivity contribution in [1.82, 2.24) is 34.5 Å². The first-order valence-electron chi connectivity index (χ1n) is 11.9. The molecule has 0 spiro atoms.